The number of anilines is 1. The van der Waals surface area contributed by atoms with Crippen molar-refractivity contribution in [2.24, 2.45) is 0 Å². The standard InChI is InChI=1S/C11H15N5O2S/c12-11-14-4-8(19-11)6-15-1-2-16-7(5-15)3-13-9(17)10(16)18/h4,7H,1-3,5-6H2,(H2,12,14)(H,13,17). The third-order valence-electron chi connectivity index (χ3n) is 3.47. The van der Waals surface area contributed by atoms with Gasteiger partial charge < -0.3 is 16.0 Å². The molecule has 2 aliphatic heterocycles. The van der Waals surface area contributed by atoms with E-state index in [1.165, 1.54) is 11.3 Å². The lowest BCUT2D eigenvalue weighted by Gasteiger charge is -2.43. The number of hydrogen-bond donors (Lipinski definition) is 2. The van der Waals surface area contributed by atoms with Crippen LogP contribution in [0.1, 0.15) is 4.88 Å². The number of carbonyl (C=O) groups excluding carboxylic acids is 2. The zero-order valence-corrected chi connectivity index (χ0v) is 11.2. The lowest BCUT2D eigenvalue weighted by Crippen LogP contribution is -2.65. The smallest absolute Gasteiger partial charge is 0.312 e. The predicted octanol–water partition coefficient (Wildman–Crippen LogP) is -1.13. The van der Waals surface area contributed by atoms with Gasteiger partial charge in [-0.1, -0.05) is 0 Å². The number of amides is 2. The van der Waals surface area contributed by atoms with Crippen LogP contribution < -0.4 is 11.1 Å². The molecule has 3 rings (SSSR count). The molecular formula is C11H15N5O2S. The van der Waals surface area contributed by atoms with Crippen molar-refractivity contribution in [3.05, 3.63) is 11.1 Å². The summed E-state index contributed by atoms with van der Waals surface area (Å²) in [7, 11) is 0. The average molecular weight is 281 g/mol. The molecule has 3 N–H and O–H groups in total. The van der Waals surface area contributed by atoms with Crippen LogP contribution in [0.3, 0.4) is 0 Å². The first kappa shape index (κ1) is 12.4. The summed E-state index contributed by atoms with van der Waals surface area (Å²) in [5, 5.41) is 3.21. The van der Waals surface area contributed by atoms with Gasteiger partial charge in [-0.15, -0.1) is 11.3 Å². The largest absolute Gasteiger partial charge is 0.375 e. The molecule has 7 nitrogen and oxygen atoms in total. The van der Waals surface area contributed by atoms with E-state index in [1.54, 1.807) is 11.1 Å². The third-order valence-corrected chi connectivity index (χ3v) is 4.28. The Morgan fingerprint density at radius 1 is 1.47 bits per heavy atom. The highest BCUT2D eigenvalue weighted by Gasteiger charge is 2.37. The van der Waals surface area contributed by atoms with Gasteiger partial charge >= 0.3 is 11.8 Å². The summed E-state index contributed by atoms with van der Waals surface area (Å²) in [5.41, 5.74) is 5.61. The lowest BCUT2D eigenvalue weighted by molar-refractivity contribution is -0.152. The van der Waals surface area contributed by atoms with Crippen LogP contribution in [0, 0.1) is 0 Å². The van der Waals surface area contributed by atoms with Crippen LogP contribution >= 0.6 is 11.3 Å². The topological polar surface area (TPSA) is 91.6 Å². The molecule has 2 fully saturated rings. The Morgan fingerprint density at radius 3 is 3.05 bits per heavy atom. The van der Waals surface area contributed by atoms with Gasteiger partial charge in [-0.05, 0) is 0 Å². The molecule has 0 spiro atoms. The Bertz CT molecular complexity index is 517. The van der Waals surface area contributed by atoms with E-state index in [-0.39, 0.29) is 6.04 Å². The minimum absolute atomic E-state index is 0.0734. The number of hydrogen-bond acceptors (Lipinski definition) is 6. The molecule has 19 heavy (non-hydrogen) atoms. The Balaban J connectivity index is 1.63. The van der Waals surface area contributed by atoms with Gasteiger partial charge in [-0.2, -0.15) is 0 Å². The summed E-state index contributed by atoms with van der Waals surface area (Å²) in [5.74, 6) is -0.891. The molecule has 1 atom stereocenters. The van der Waals surface area contributed by atoms with E-state index in [0.717, 1.165) is 24.5 Å². The maximum atomic E-state index is 11.7. The molecule has 8 heteroatoms. The number of carbonyl (C=O) groups is 2. The van der Waals surface area contributed by atoms with Crippen LogP contribution in [0.2, 0.25) is 0 Å². The minimum Gasteiger partial charge on any atom is -0.375 e. The highest BCUT2D eigenvalue weighted by Crippen LogP contribution is 2.19. The monoisotopic (exact) mass is 281 g/mol. The molecule has 2 saturated heterocycles. The van der Waals surface area contributed by atoms with Crippen molar-refractivity contribution in [3.8, 4) is 0 Å². The Hall–Kier alpha value is -1.67. The van der Waals surface area contributed by atoms with Gasteiger partial charge in [0.05, 0.1) is 6.04 Å². The first-order valence-corrected chi connectivity index (χ1v) is 6.96. The number of nitrogens with zero attached hydrogens (tertiary/aromatic N) is 3. The van der Waals surface area contributed by atoms with Gasteiger partial charge in [0.15, 0.2) is 5.13 Å². The zero-order valence-electron chi connectivity index (χ0n) is 10.3. The summed E-state index contributed by atoms with van der Waals surface area (Å²) in [6, 6.07) is 0.0734. The first-order valence-electron chi connectivity index (χ1n) is 6.15. The second-order valence-electron chi connectivity index (χ2n) is 4.76. The molecule has 1 aromatic rings. The van der Waals surface area contributed by atoms with Gasteiger partial charge in [-0.25, -0.2) is 4.98 Å². The van der Waals surface area contributed by atoms with Crippen LogP contribution in [0.4, 0.5) is 5.13 Å². The summed E-state index contributed by atoms with van der Waals surface area (Å²) in [6.07, 6.45) is 1.79. The highest BCUT2D eigenvalue weighted by molar-refractivity contribution is 7.15. The Kier molecular flexibility index (Phi) is 3.11. The fourth-order valence-corrected chi connectivity index (χ4v) is 3.26. The van der Waals surface area contributed by atoms with E-state index in [1.807, 2.05) is 0 Å². The number of fused-ring (bicyclic) bond motifs is 1. The molecule has 102 valence electrons. The molecule has 1 aromatic heterocycles. The first-order chi connectivity index (χ1) is 9.13. The van der Waals surface area contributed by atoms with Crippen molar-refractivity contribution in [1.29, 1.82) is 0 Å². The molecule has 0 aromatic carbocycles. The lowest BCUT2D eigenvalue weighted by atomic mass is 10.1. The molecule has 0 aliphatic carbocycles. The van der Waals surface area contributed by atoms with Crippen molar-refractivity contribution < 1.29 is 9.59 Å². The van der Waals surface area contributed by atoms with Gasteiger partial charge in [0.1, 0.15) is 0 Å². The number of piperazine rings is 2. The van der Waals surface area contributed by atoms with E-state index < -0.39 is 11.8 Å². The van der Waals surface area contributed by atoms with Crippen LogP contribution in [0.25, 0.3) is 0 Å². The van der Waals surface area contributed by atoms with Crippen LogP contribution in [-0.4, -0.2) is 58.8 Å². The van der Waals surface area contributed by atoms with E-state index >= 15 is 0 Å². The van der Waals surface area contributed by atoms with Crippen molar-refractivity contribution >= 4 is 28.3 Å². The molecule has 0 bridgehead atoms. The minimum atomic E-state index is -0.486. The number of rotatable bonds is 2. The summed E-state index contributed by atoms with van der Waals surface area (Å²) < 4.78 is 0. The van der Waals surface area contributed by atoms with E-state index in [2.05, 4.69) is 15.2 Å². The van der Waals surface area contributed by atoms with Gasteiger partial charge in [0.2, 0.25) is 0 Å². The second-order valence-corrected chi connectivity index (χ2v) is 5.91. The van der Waals surface area contributed by atoms with E-state index in [0.29, 0.717) is 18.2 Å². The molecule has 1 unspecified atom stereocenters. The summed E-state index contributed by atoms with van der Waals surface area (Å²) >= 11 is 1.49. The summed E-state index contributed by atoms with van der Waals surface area (Å²) in [6.45, 7) is 3.47. The zero-order chi connectivity index (χ0) is 13.4. The number of nitrogen functional groups attached to an aromatic ring is 1. The molecule has 3 heterocycles. The quantitative estimate of drug-likeness (QED) is 0.669. The van der Waals surface area contributed by atoms with Crippen molar-refractivity contribution in [2.75, 3.05) is 31.9 Å². The molecule has 0 saturated carbocycles. The van der Waals surface area contributed by atoms with Crippen molar-refractivity contribution in [2.45, 2.75) is 12.6 Å². The Labute approximate surface area is 114 Å². The normalized spacial score (nSPS) is 24.2. The average Bonchev–Trinajstić information content (AvgIpc) is 2.80. The SMILES string of the molecule is Nc1ncc(CN2CCN3C(=O)C(=O)NCC3C2)s1. The van der Waals surface area contributed by atoms with Crippen LogP contribution in [0.15, 0.2) is 6.20 Å². The fourth-order valence-electron chi connectivity index (χ4n) is 2.54. The van der Waals surface area contributed by atoms with Gasteiger partial charge in [0.25, 0.3) is 0 Å². The maximum absolute atomic E-state index is 11.7. The molecular weight excluding hydrogens is 266 g/mol. The van der Waals surface area contributed by atoms with Gasteiger partial charge in [-0.3, -0.25) is 14.5 Å². The van der Waals surface area contributed by atoms with E-state index in [4.69, 9.17) is 5.73 Å². The van der Waals surface area contributed by atoms with Crippen LogP contribution in [-0.2, 0) is 16.1 Å². The number of aromatic nitrogens is 1. The van der Waals surface area contributed by atoms with Crippen molar-refractivity contribution in [1.82, 2.24) is 20.1 Å². The molecule has 2 amide bonds. The van der Waals surface area contributed by atoms with Crippen molar-refractivity contribution in [3.63, 3.8) is 0 Å². The second kappa shape index (κ2) is 4.78. The van der Waals surface area contributed by atoms with Crippen LogP contribution in [0.5, 0.6) is 0 Å². The number of nitrogens with one attached hydrogen (secondary N) is 1. The Morgan fingerprint density at radius 2 is 2.32 bits per heavy atom. The molecule has 2 aliphatic rings. The maximum Gasteiger partial charge on any atom is 0.312 e. The number of thiazole rings is 1. The fraction of sp³-hybridized carbons (Fsp3) is 0.545. The summed E-state index contributed by atoms with van der Waals surface area (Å²) in [4.78, 5) is 32.1. The number of nitrogens with two attached hydrogens (primary N) is 1. The predicted molar refractivity (Wildman–Crippen MR) is 70.3 cm³/mol. The third kappa shape index (κ3) is 2.41. The van der Waals surface area contributed by atoms with Gasteiger partial charge in [0, 0.05) is 43.8 Å². The molecule has 0 radical (unpaired) electrons. The van der Waals surface area contributed by atoms with E-state index in [9.17, 15) is 9.59 Å². The highest BCUT2D eigenvalue weighted by atomic mass is 32.1.